The van der Waals surface area contributed by atoms with Gasteiger partial charge in [0.05, 0.1) is 0 Å². The smallest absolute Gasteiger partial charge is 0.325 e. The summed E-state index contributed by atoms with van der Waals surface area (Å²) in [6, 6.07) is 7.92. The standard InChI is InChI=1S/C20H28N4O3/c1-15-7-4-5-8-16(15)22-11-13-23(14-12-22)17(25)9-6-10-24-18(26)20(2,3)21-19(24)27/h4-5,7-8H,6,9-14H2,1-3H3,(H,21,27). The summed E-state index contributed by atoms with van der Waals surface area (Å²) in [5, 5.41) is 2.66. The highest BCUT2D eigenvalue weighted by atomic mass is 16.2. The van der Waals surface area contributed by atoms with Gasteiger partial charge in [0, 0.05) is 44.8 Å². The van der Waals surface area contributed by atoms with E-state index in [2.05, 4.69) is 29.3 Å². The van der Waals surface area contributed by atoms with Crippen LogP contribution < -0.4 is 10.2 Å². The second-order valence-corrected chi connectivity index (χ2v) is 7.77. The van der Waals surface area contributed by atoms with Crippen LogP contribution in [0.2, 0.25) is 0 Å². The van der Waals surface area contributed by atoms with Crippen molar-refractivity contribution in [3.8, 4) is 0 Å². The van der Waals surface area contributed by atoms with Crippen molar-refractivity contribution in [3.05, 3.63) is 29.8 Å². The van der Waals surface area contributed by atoms with Gasteiger partial charge in [-0.1, -0.05) is 18.2 Å². The first-order valence-corrected chi connectivity index (χ1v) is 9.52. The molecule has 2 aliphatic rings. The number of aryl methyl sites for hydroxylation is 1. The Morgan fingerprint density at radius 1 is 1.11 bits per heavy atom. The van der Waals surface area contributed by atoms with E-state index in [0.717, 1.165) is 13.1 Å². The minimum atomic E-state index is -0.854. The topological polar surface area (TPSA) is 73.0 Å². The molecule has 2 heterocycles. The van der Waals surface area contributed by atoms with Crippen LogP contribution in [0.5, 0.6) is 0 Å². The zero-order valence-electron chi connectivity index (χ0n) is 16.3. The highest BCUT2D eigenvalue weighted by molar-refractivity contribution is 6.06. The molecule has 1 aromatic rings. The summed E-state index contributed by atoms with van der Waals surface area (Å²) in [4.78, 5) is 41.9. The molecule has 0 unspecified atom stereocenters. The van der Waals surface area contributed by atoms with E-state index in [1.54, 1.807) is 13.8 Å². The van der Waals surface area contributed by atoms with Crippen LogP contribution in [-0.4, -0.2) is 65.9 Å². The molecule has 27 heavy (non-hydrogen) atoms. The van der Waals surface area contributed by atoms with Crippen molar-refractivity contribution in [1.82, 2.24) is 15.1 Å². The number of benzene rings is 1. The predicted octanol–water partition coefficient (Wildman–Crippen LogP) is 1.75. The van der Waals surface area contributed by atoms with Crippen LogP contribution in [0.1, 0.15) is 32.3 Å². The molecule has 4 amide bonds. The molecule has 3 rings (SSSR count). The van der Waals surface area contributed by atoms with Crippen molar-refractivity contribution in [3.63, 3.8) is 0 Å². The average Bonchev–Trinajstić information content (AvgIpc) is 2.83. The van der Waals surface area contributed by atoms with Gasteiger partial charge in [-0.3, -0.25) is 14.5 Å². The monoisotopic (exact) mass is 372 g/mol. The minimum absolute atomic E-state index is 0.0887. The molecular formula is C20H28N4O3. The maximum atomic E-state index is 12.5. The third-order valence-electron chi connectivity index (χ3n) is 5.31. The summed E-state index contributed by atoms with van der Waals surface area (Å²) in [6.07, 6.45) is 0.841. The molecule has 146 valence electrons. The number of carbonyl (C=O) groups excluding carboxylic acids is 3. The maximum absolute atomic E-state index is 12.5. The van der Waals surface area contributed by atoms with Gasteiger partial charge in [-0.2, -0.15) is 0 Å². The zero-order chi connectivity index (χ0) is 19.6. The summed E-state index contributed by atoms with van der Waals surface area (Å²) in [6.45, 7) is 8.79. The second-order valence-electron chi connectivity index (χ2n) is 7.77. The molecule has 0 saturated carbocycles. The number of para-hydroxylation sites is 1. The summed E-state index contributed by atoms with van der Waals surface area (Å²) in [5.41, 5.74) is 1.62. The third kappa shape index (κ3) is 4.07. The molecule has 0 atom stereocenters. The van der Waals surface area contributed by atoms with E-state index < -0.39 is 5.54 Å². The predicted molar refractivity (Wildman–Crippen MR) is 104 cm³/mol. The molecule has 0 spiro atoms. The van der Waals surface area contributed by atoms with E-state index in [1.807, 2.05) is 17.0 Å². The number of piperazine rings is 1. The fourth-order valence-corrected chi connectivity index (χ4v) is 3.68. The Kier molecular flexibility index (Phi) is 5.39. The number of carbonyl (C=O) groups is 3. The van der Waals surface area contributed by atoms with Crippen LogP contribution in [0.3, 0.4) is 0 Å². The summed E-state index contributed by atoms with van der Waals surface area (Å²) >= 11 is 0. The number of urea groups is 1. The van der Waals surface area contributed by atoms with Crippen LogP contribution >= 0.6 is 0 Å². The quantitative estimate of drug-likeness (QED) is 0.800. The third-order valence-corrected chi connectivity index (χ3v) is 5.31. The van der Waals surface area contributed by atoms with E-state index in [0.29, 0.717) is 25.9 Å². The molecule has 2 aliphatic heterocycles. The van der Waals surface area contributed by atoms with Crippen molar-refractivity contribution < 1.29 is 14.4 Å². The Bertz CT molecular complexity index is 738. The second kappa shape index (κ2) is 7.58. The van der Waals surface area contributed by atoms with Crippen LogP contribution in [-0.2, 0) is 9.59 Å². The largest absolute Gasteiger partial charge is 0.368 e. The first-order chi connectivity index (χ1) is 12.8. The lowest BCUT2D eigenvalue weighted by molar-refractivity contribution is -0.133. The maximum Gasteiger partial charge on any atom is 0.325 e. The lowest BCUT2D eigenvalue weighted by atomic mass is 10.1. The average molecular weight is 372 g/mol. The number of hydrogen-bond acceptors (Lipinski definition) is 4. The van der Waals surface area contributed by atoms with Gasteiger partial charge in [0.25, 0.3) is 5.91 Å². The SMILES string of the molecule is Cc1ccccc1N1CCN(C(=O)CCCN2C(=O)NC(C)(C)C2=O)CC1. The number of nitrogens with zero attached hydrogens (tertiary/aromatic N) is 3. The summed E-state index contributed by atoms with van der Waals surface area (Å²) < 4.78 is 0. The Balaban J connectivity index is 1.44. The number of anilines is 1. The highest BCUT2D eigenvalue weighted by Crippen LogP contribution is 2.21. The van der Waals surface area contributed by atoms with Gasteiger partial charge in [-0.25, -0.2) is 4.79 Å². The van der Waals surface area contributed by atoms with Gasteiger partial charge >= 0.3 is 6.03 Å². The van der Waals surface area contributed by atoms with E-state index in [-0.39, 0.29) is 24.4 Å². The zero-order valence-corrected chi connectivity index (χ0v) is 16.3. The molecule has 0 radical (unpaired) electrons. The van der Waals surface area contributed by atoms with E-state index in [9.17, 15) is 14.4 Å². The fraction of sp³-hybridized carbons (Fsp3) is 0.550. The Morgan fingerprint density at radius 3 is 2.37 bits per heavy atom. The van der Waals surface area contributed by atoms with Crippen LogP contribution in [0.4, 0.5) is 10.5 Å². The van der Waals surface area contributed by atoms with Crippen molar-refractivity contribution in [2.24, 2.45) is 0 Å². The summed E-state index contributed by atoms with van der Waals surface area (Å²) in [7, 11) is 0. The first-order valence-electron chi connectivity index (χ1n) is 9.52. The normalized spacial score (nSPS) is 19.4. The Hall–Kier alpha value is -2.57. The molecule has 2 saturated heterocycles. The van der Waals surface area contributed by atoms with Crippen LogP contribution in [0.25, 0.3) is 0 Å². The fourth-order valence-electron chi connectivity index (χ4n) is 3.68. The van der Waals surface area contributed by atoms with E-state index in [1.165, 1.54) is 16.2 Å². The molecule has 2 fully saturated rings. The lowest BCUT2D eigenvalue weighted by Crippen LogP contribution is -2.49. The number of rotatable bonds is 5. The molecule has 7 nitrogen and oxygen atoms in total. The van der Waals surface area contributed by atoms with Gasteiger partial charge in [0.1, 0.15) is 5.54 Å². The van der Waals surface area contributed by atoms with Gasteiger partial charge in [-0.05, 0) is 38.8 Å². The highest BCUT2D eigenvalue weighted by Gasteiger charge is 2.43. The molecule has 7 heteroatoms. The molecule has 1 N–H and O–H groups in total. The van der Waals surface area contributed by atoms with E-state index in [4.69, 9.17) is 0 Å². The van der Waals surface area contributed by atoms with Crippen molar-refractivity contribution in [2.45, 2.75) is 39.2 Å². The first kappa shape index (κ1) is 19.2. The van der Waals surface area contributed by atoms with Crippen LogP contribution in [0.15, 0.2) is 24.3 Å². The molecular weight excluding hydrogens is 344 g/mol. The van der Waals surface area contributed by atoms with Crippen molar-refractivity contribution in [1.29, 1.82) is 0 Å². The van der Waals surface area contributed by atoms with Crippen LogP contribution in [0, 0.1) is 6.92 Å². The number of amides is 4. The number of hydrogen-bond donors (Lipinski definition) is 1. The van der Waals surface area contributed by atoms with Crippen molar-refractivity contribution in [2.75, 3.05) is 37.6 Å². The number of imide groups is 1. The van der Waals surface area contributed by atoms with Crippen molar-refractivity contribution >= 4 is 23.5 Å². The Labute approximate surface area is 160 Å². The molecule has 0 aromatic heterocycles. The Morgan fingerprint density at radius 2 is 1.78 bits per heavy atom. The van der Waals surface area contributed by atoms with Gasteiger partial charge < -0.3 is 15.1 Å². The number of nitrogens with one attached hydrogen (secondary N) is 1. The van der Waals surface area contributed by atoms with Gasteiger partial charge in [-0.15, -0.1) is 0 Å². The molecule has 1 aromatic carbocycles. The van der Waals surface area contributed by atoms with Gasteiger partial charge in [0.15, 0.2) is 0 Å². The molecule has 0 aliphatic carbocycles. The minimum Gasteiger partial charge on any atom is -0.368 e. The lowest BCUT2D eigenvalue weighted by Gasteiger charge is -2.37. The van der Waals surface area contributed by atoms with E-state index >= 15 is 0 Å². The molecule has 0 bridgehead atoms. The van der Waals surface area contributed by atoms with Gasteiger partial charge in [0.2, 0.25) is 5.91 Å². The summed E-state index contributed by atoms with van der Waals surface area (Å²) in [5.74, 6) is -0.141.